The van der Waals surface area contributed by atoms with Gasteiger partial charge in [0.05, 0.1) is 0 Å². The highest BCUT2D eigenvalue weighted by atomic mass is 16.3. The first kappa shape index (κ1) is 48.2. The number of hydrogen-bond acceptors (Lipinski definition) is 2. The summed E-state index contributed by atoms with van der Waals surface area (Å²) >= 11 is 0. The number of hydrogen-bond donors (Lipinski definition) is 0. The van der Waals surface area contributed by atoms with Gasteiger partial charge in [-0.1, -0.05) is 255 Å². The van der Waals surface area contributed by atoms with Gasteiger partial charge < -0.3 is 8.83 Å². The Morgan fingerprint density at radius 1 is 0.163 bits per heavy atom. The molecule has 0 amide bonds. The van der Waals surface area contributed by atoms with Crippen molar-refractivity contribution in [2.75, 3.05) is 0 Å². The molecule has 398 valence electrons. The fourth-order valence-corrected chi connectivity index (χ4v) is 14.5. The summed E-state index contributed by atoms with van der Waals surface area (Å²) in [6.07, 6.45) is 0. The van der Waals surface area contributed by atoms with Crippen molar-refractivity contribution in [3.05, 3.63) is 303 Å². The number of fused-ring (bicyclic) bond motifs is 18. The minimum absolute atomic E-state index is 0.915. The molecule has 0 fully saturated rings. The fourth-order valence-electron chi connectivity index (χ4n) is 14.5. The fraction of sp³-hybridized carbons (Fsp3) is 0. The van der Waals surface area contributed by atoms with E-state index in [2.05, 4.69) is 303 Å². The predicted octanol–water partition coefficient (Wildman–Crippen LogP) is 24.2. The van der Waals surface area contributed by atoms with Gasteiger partial charge in [-0.25, -0.2) is 0 Å². The molecule has 2 heterocycles. The Kier molecular flexibility index (Phi) is 10.7. The van der Waals surface area contributed by atoms with Crippen LogP contribution in [0.5, 0.6) is 0 Å². The highest BCUT2D eigenvalue weighted by Crippen LogP contribution is 2.49. The van der Waals surface area contributed by atoms with E-state index >= 15 is 0 Å². The van der Waals surface area contributed by atoms with E-state index in [0.717, 1.165) is 33.1 Å². The Hall–Kier alpha value is -11.3. The van der Waals surface area contributed by atoms with Gasteiger partial charge in [-0.05, 0) is 190 Å². The summed E-state index contributed by atoms with van der Waals surface area (Å²) in [7, 11) is 0. The second kappa shape index (κ2) is 19.1. The zero-order chi connectivity index (χ0) is 56.4. The molecule has 2 aromatic heterocycles. The van der Waals surface area contributed by atoms with Crippen molar-refractivity contribution in [1.29, 1.82) is 0 Å². The molecule has 0 aliphatic carbocycles. The molecule has 0 radical (unpaired) electrons. The van der Waals surface area contributed by atoms with E-state index in [1.54, 1.807) is 0 Å². The second-order valence-corrected chi connectivity index (χ2v) is 22.9. The summed E-state index contributed by atoms with van der Waals surface area (Å²) in [5, 5.41) is 27.2. The van der Waals surface area contributed by atoms with Crippen LogP contribution in [-0.4, -0.2) is 0 Å². The van der Waals surface area contributed by atoms with Crippen molar-refractivity contribution in [2.24, 2.45) is 0 Å². The molecule has 2 heteroatoms. The Morgan fingerprint density at radius 3 is 0.942 bits per heavy atom. The van der Waals surface area contributed by atoms with Crippen LogP contribution in [0, 0.1) is 0 Å². The zero-order valence-corrected chi connectivity index (χ0v) is 46.7. The van der Waals surface area contributed by atoms with E-state index in [9.17, 15) is 0 Å². The monoisotopic (exact) mass is 1090 g/mol. The summed E-state index contributed by atoms with van der Waals surface area (Å²) in [6.45, 7) is 0. The maximum Gasteiger partial charge on any atom is 0.136 e. The molecule has 0 unspecified atom stereocenters. The number of rotatable bonds is 4. The van der Waals surface area contributed by atoms with Crippen molar-refractivity contribution < 1.29 is 8.83 Å². The lowest BCUT2D eigenvalue weighted by Crippen LogP contribution is -1.92. The largest absolute Gasteiger partial charge is 0.456 e. The van der Waals surface area contributed by atoms with Crippen LogP contribution < -0.4 is 0 Å². The first-order chi connectivity index (χ1) is 42.7. The third-order valence-corrected chi connectivity index (χ3v) is 18.2. The summed E-state index contributed by atoms with van der Waals surface area (Å²) < 4.78 is 12.7. The topological polar surface area (TPSA) is 26.3 Å². The molecule has 0 saturated heterocycles. The summed E-state index contributed by atoms with van der Waals surface area (Å²) in [5.74, 6) is 0. The Labute approximate surface area is 494 Å². The number of furan rings is 2. The van der Waals surface area contributed by atoms with Gasteiger partial charge in [0.25, 0.3) is 0 Å². The van der Waals surface area contributed by atoms with Crippen LogP contribution in [0.25, 0.3) is 185 Å². The van der Waals surface area contributed by atoms with Gasteiger partial charge in [0, 0.05) is 21.5 Å². The quantitative estimate of drug-likeness (QED) is 0.130. The lowest BCUT2D eigenvalue weighted by Gasteiger charge is -2.19. The normalized spacial score (nSPS) is 12.0. The third kappa shape index (κ3) is 7.40. The van der Waals surface area contributed by atoms with Crippen molar-refractivity contribution in [1.82, 2.24) is 0 Å². The van der Waals surface area contributed by atoms with Gasteiger partial charge in [-0.2, -0.15) is 0 Å². The van der Waals surface area contributed by atoms with Gasteiger partial charge >= 0.3 is 0 Å². The molecule has 0 aliphatic rings. The van der Waals surface area contributed by atoms with Crippen LogP contribution in [0.4, 0.5) is 0 Å². The van der Waals surface area contributed by atoms with Crippen LogP contribution in [0.1, 0.15) is 0 Å². The van der Waals surface area contributed by atoms with Gasteiger partial charge in [0.1, 0.15) is 22.3 Å². The summed E-state index contributed by atoms with van der Waals surface area (Å²) in [6, 6.07) is 110. The second-order valence-electron chi connectivity index (χ2n) is 22.9. The van der Waals surface area contributed by atoms with Crippen LogP contribution >= 0.6 is 0 Å². The summed E-state index contributed by atoms with van der Waals surface area (Å²) in [4.78, 5) is 0. The Morgan fingerprint density at radius 2 is 0.477 bits per heavy atom. The van der Waals surface area contributed by atoms with E-state index < -0.39 is 0 Å². The molecule has 0 spiro atoms. The van der Waals surface area contributed by atoms with Crippen molar-refractivity contribution in [3.8, 4) is 44.5 Å². The van der Waals surface area contributed by atoms with E-state index in [0.29, 0.717) is 0 Å². The van der Waals surface area contributed by atoms with Crippen LogP contribution in [0.2, 0.25) is 0 Å². The standard InChI is InChI=1S/C44H26O.C40H24O/c1-4-14-31-27(11-1)21-24-41-44(31)39-26-29(22-23-40(39)45-41)42-34-17-7-9-19-36(34)43(37-20-10-8-18-35(37)42)38-25-28-12-2-3-13-30(28)32-15-5-6-16-33(32)38;1-2-11-27-23-28(18-17-25(27)9-1)38-31-13-5-7-15-33(31)39(34-16-8-6-14-32(34)38)29-20-21-36-35(24-29)40-30-12-4-3-10-26(30)19-22-37(40)41-36/h1-26H;1-24H. The highest BCUT2D eigenvalue weighted by molar-refractivity contribution is 6.28. The molecule has 86 heavy (non-hydrogen) atoms. The van der Waals surface area contributed by atoms with E-state index in [1.165, 1.54) is 152 Å². The molecule has 19 aromatic rings. The SMILES string of the molecule is c1ccc2c(c1)cc(-c1c3ccccc3c(-c3ccc4oc5ccc6ccccc6c5c4c3)c3ccccc13)c1ccccc12.c1ccc2cc(-c3c4ccccc4c(-c4ccc5oc6ccc7ccccc7c6c5c4)c4ccccc34)ccc2c1. The minimum atomic E-state index is 0.915. The minimum Gasteiger partial charge on any atom is -0.456 e. The van der Waals surface area contributed by atoms with Gasteiger partial charge in [-0.3, -0.25) is 0 Å². The van der Waals surface area contributed by atoms with E-state index in [4.69, 9.17) is 8.83 Å². The lowest BCUT2D eigenvalue weighted by molar-refractivity contribution is 0.669. The molecule has 2 nitrogen and oxygen atoms in total. The third-order valence-electron chi connectivity index (χ3n) is 18.2. The van der Waals surface area contributed by atoms with E-state index in [-0.39, 0.29) is 0 Å². The molecule has 0 bridgehead atoms. The molecule has 19 rings (SSSR count). The molecular formula is C84H50O2. The average Bonchev–Trinajstić information content (AvgIpc) is 1.12. The van der Waals surface area contributed by atoms with Crippen LogP contribution in [0.15, 0.2) is 312 Å². The summed E-state index contributed by atoms with van der Waals surface area (Å²) in [5.41, 5.74) is 13.7. The average molecular weight is 1090 g/mol. The van der Waals surface area contributed by atoms with Crippen molar-refractivity contribution in [2.45, 2.75) is 0 Å². The highest BCUT2D eigenvalue weighted by Gasteiger charge is 2.22. The maximum absolute atomic E-state index is 6.38. The van der Waals surface area contributed by atoms with Gasteiger partial charge in [0.15, 0.2) is 0 Å². The Bertz CT molecular complexity index is 5920. The molecular weight excluding hydrogens is 1040 g/mol. The Balaban J connectivity index is 0.000000130. The van der Waals surface area contributed by atoms with Crippen molar-refractivity contribution >= 4 is 141 Å². The van der Waals surface area contributed by atoms with Crippen LogP contribution in [-0.2, 0) is 0 Å². The predicted molar refractivity (Wildman–Crippen MR) is 367 cm³/mol. The molecule has 0 aliphatic heterocycles. The molecule has 0 saturated carbocycles. The number of benzene rings is 17. The molecule has 0 N–H and O–H groups in total. The van der Waals surface area contributed by atoms with E-state index in [1.807, 2.05) is 0 Å². The lowest BCUT2D eigenvalue weighted by atomic mass is 9.83. The molecule has 17 aromatic carbocycles. The first-order valence-electron chi connectivity index (χ1n) is 29.6. The smallest absolute Gasteiger partial charge is 0.136 e. The first-order valence-corrected chi connectivity index (χ1v) is 29.6. The van der Waals surface area contributed by atoms with Crippen LogP contribution in [0.3, 0.4) is 0 Å². The zero-order valence-electron chi connectivity index (χ0n) is 46.7. The van der Waals surface area contributed by atoms with Gasteiger partial charge in [-0.15, -0.1) is 0 Å². The van der Waals surface area contributed by atoms with Gasteiger partial charge in [0.2, 0.25) is 0 Å². The molecule has 0 atom stereocenters. The maximum atomic E-state index is 6.38. The van der Waals surface area contributed by atoms with Crippen molar-refractivity contribution in [3.63, 3.8) is 0 Å².